The van der Waals surface area contributed by atoms with Gasteiger partial charge in [0.25, 0.3) is 0 Å². The Morgan fingerprint density at radius 2 is 1.85 bits per heavy atom. The number of nitrogens with one attached hydrogen (secondary N) is 1. The lowest BCUT2D eigenvalue weighted by atomic mass is 10.1. The molecule has 0 atom stereocenters. The molecule has 3 aromatic rings. The fraction of sp³-hybridized carbons (Fsp3) is 0.250. The number of H-pyrrole nitrogens is 1. The maximum Gasteiger partial charge on any atom is 0.231 e. The van der Waals surface area contributed by atoms with Gasteiger partial charge in [0.2, 0.25) is 6.79 Å². The fourth-order valence-corrected chi connectivity index (χ4v) is 3.27. The molecule has 0 bridgehead atoms. The smallest absolute Gasteiger partial charge is 0.231 e. The Labute approximate surface area is 162 Å². The molecule has 0 aliphatic carbocycles. The summed E-state index contributed by atoms with van der Waals surface area (Å²) in [4.78, 5) is 3.26. The number of hydrogen-bond acceptors (Lipinski definition) is 5. The Kier molecular flexibility index (Phi) is 4.77. The van der Waals surface area contributed by atoms with Crippen molar-refractivity contribution in [2.45, 2.75) is 13.8 Å². The van der Waals surface area contributed by atoms with Gasteiger partial charge in [0.1, 0.15) is 11.5 Å². The minimum Gasteiger partial charge on any atom is -0.494 e. The third kappa shape index (κ3) is 3.38. The molecule has 1 aliphatic rings. The molecule has 4 rings (SSSR count). The van der Waals surface area contributed by atoms with Crippen LogP contribution in [0.3, 0.4) is 0 Å². The van der Waals surface area contributed by atoms with Crippen molar-refractivity contribution in [3.63, 3.8) is 0 Å². The van der Waals surface area contributed by atoms with E-state index in [1.54, 1.807) is 0 Å². The van der Waals surface area contributed by atoms with Crippen LogP contribution in [0.5, 0.6) is 23.0 Å². The zero-order valence-corrected chi connectivity index (χ0v) is 16.0. The van der Waals surface area contributed by atoms with Crippen LogP contribution in [0.1, 0.15) is 13.8 Å². The summed E-state index contributed by atoms with van der Waals surface area (Å²) in [5.74, 6) is 2.99. The molecule has 0 radical (unpaired) electrons. The summed E-state index contributed by atoms with van der Waals surface area (Å²) in [6.07, 6.45) is 1.95. The summed E-state index contributed by atoms with van der Waals surface area (Å²) in [5, 5.41) is 0. The molecule has 2 heterocycles. The minimum absolute atomic E-state index is 0.248. The standard InChI is InChI=1S/C20H20N2O4S/c1-3-23-14-6-8-17(24-4-2)16(10-14)22-11-15(21-20(22)27)13-5-7-18-19(9-13)26-12-25-18/h5-11H,3-4,12H2,1-2H3,(H,21,27). The topological polar surface area (TPSA) is 57.6 Å². The second-order valence-electron chi connectivity index (χ2n) is 5.91. The molecule has 27 heavy (non-hydrogen) atoms. The van der Waals surface area contributed by atoms with E-state index in [1.165, 1.54) is 0 Å². The van der Waals surface area contributed by atoms with Crippen LogP contribution in [-0.4, -0.2) is 29.6 Å². The molecule has 1 aliphatic heterocycles. The van der Waals surface area contributed by atoms with Crippen LogP contribution >= 0.6 is 12.2 Å². The number of benzene rings is 2. The van der Waals surface area contributed by atoms with Gasteiger partial charge in [0, 0.05) is 17.8 Å². The molecule has 0 saturated heterocycles. The van der Waals surface area contributed by atoms with Crippen LogP contribution in [0.4, 0.5) is 0 Å². The van der Waals surface area contributed by atoms with E-state index in [9.17, 15) is 0 Å². The van der Waals surface area contributed by atoms with Crippen LogP contribution in [0.15, 0.2) is 42.6 Å². The fourth-order valence-electron chi connectivity index (χ4n) is 3.00. The lowest BCUT2D eigenvalue weighted by Crippen LogP contribution is -2.01. The normalized spacial score (nSPS) is 12.2. The van der Waals surface area contributed by atoms with Gasteiger partial charge in [0.15, 0.2) is 16.3 Å². The Morgan fingerprint density at radius 3 is 2.67 bits per heavy atom. The quantitative estimate of drug-likeness (QED) is 0.623. The van der Waals surface area contributed by atoms with Crippen molar-refractivity contribution in [2.75, 3.05) is 20.0 Å². The molecule has 0 fully saturated rings. The van der Waals surface area contributed by atoms with Gasteiger partial charge < -0.3 is 23.9 Å². The van der Waals surface area contributed by atoms with Crippen LogP contribution < -0.4 is 18.9 Å². The molecular formula is C20H20N2O4S. The largest absolute Gasteiger partial charge is 0.494 e. The van der Waals surface area contributed by atoms with Crippen molar-refractivity contribution < 1.29 is 18.9 Å². The summed E-state index contributed by atoms with van der Waals surface area (Å²) in [6.45, 7) is 5.31. The highest BCUT2D eigenvalue weighted by atomic mass is 32.1. The van der Waals surface area contributed by atoms with E-state index >= 15 is 0 Å². The monoisotopic (exact) mass is 384 g/mol. The van der Waals surface area contributed by atoms with Gasteiger partial charge in [-0.15, -0.1) is 0 Å². The Morgan fingerprint density at radius 1 is 1.04 bits per heavy atom. The molecule has 0 saturated carbocycles. The van der Waals surface area contributed by atoms with E-state index in [-0.39, 0.29) is 6.79 Å². The second kappa shape index (κ2) is 7.36. The first-order valence-corrected chi connectivity index (χ1v) is 9.22. The first kappa shape index (κ1) is 17.5. The SMILES string of the molecule is CCOc1ccc(OCC)c(-n2cc(-c3ccc4c(c3)OCO4)[nH]c2=S)c1. The number of ether oxygens (including phenoxy) is 4. The van der Waals surface area contributed by atoms with Gasteiger partial charge >= 0.3 is 0 Å². The Balaban J connectivity index is 1.77. The molecule has 6 nitrogen and oxygen atoms in total. The number of fused-ring (bicyclic) bond motifs is 1. The van der Waals surface area contributed by atoms with Gasteiger partial charge in [0.05, 0.1) is 24.6 Å². The van der Waals surface area contributed by atoms with Gasteiger partial charge in [-0.1, -0.05) is 0 Å². The number of aromatic nitrogens is 2. The van der Waals surface area contributed by atoms with Gasteiger partial charge in [-0.25, -0.2) is 0 Å². The van der Waals surface area contributed by atoms with E-state index in [1.807, 2.05) is 61.0 Å². The Hall–Kier alpha value is -2.93. The molecule has 1 aromatic heterocycles. The maximum absolute atomic E-state index is 5.78. The number of aromatic amines is 1. The first-order chi connectivity index (χ1) is 13.2. The van der Waals surface area contributed by atoms with Crippen LogP contribution in [0.2, 0.25) is 0 Å². The van der Waals surface area contributed by atoms with Crippen molar-refractivity contribution in [1.82, 2.24) is 9.55 Å². The third-order valence-corrected chi connectivity index (χ3v) is 4.50. The van der Waals surface area contributed by atoms with Crippen LogP contribution in [0.25, 0.3) is 16.9 Å². The highest BCUT2D eigenvalue weighted by molar-refractivity contribution is 7.71. The molecule has 1 N–H and O–H groups in total. The summed E-state index contributed by atoms with van der Waals surface area (Å²) in [6, 6.07) is 11.5. The van der Waals surface area contributed by atoms with E-state index < -0.39 is 0 Å². The Bertz CT molecular complexity index is 1030. The number of imidazole rings is 1. The zero-order chi connectivity index (χ0) is 18.8. The molecule has 0 amide bonds. The van der Waals surface area contributed by atoms with E-state index in [0.29, 0.717) is 18.0 Å². The average molecular weight is 384 g/mol. The highest BCUT2D eigenvalue weighted by Crippen LogP contribution is 2.36. The summed E-state index contributed by atoms with van der Waals surface area (Å²) in [7, 11) is 0. The molecule has 140 valence electrons. The van der Waals surface area contributed by atoms with Crippen LogP contribution in [-0.2, 0) is 0 Å². The predicted octanol–water partition coefficient (Wildman–Crippen LogP) is 4.73. The molecule has 2 aromatic carbocycles. The lowest BCUT2D eigenvalue weighted by molar-refractivity contribution is 0.174. The van der Waals surface area contributed by atoms with E-state index in [4.69, 9.17) is 31.2 Å². The molecule has 7 heteroatoms. The van der Waals surface area contributed by atoms with E-state index in [2.05, 4.69) is 4.98 Å². The van der Waals surface area contributed by atoms with Crippen molar-refractivity contribution in [3.8, 4) is 39.9 Å². The number of nitrogens with zero attached hydrogens (tertiary/aromatic N) is 1. The lowest BCUT2D eigenvalue weighted by Gasteiger charge is -2.13. The number of rotatable bonds is 6. The zero-order valence-electron chi connectivity index (χ0n) is 15.2. The van der Waals surface area contributed by atoms with Crippen molar-refractivity contribution in [1.29, 1.82) is 0 Å². The molecule has 0 spiro atoms. The third-order valence-electron chi connectivity index (χ3n) is 4.20. The van der Waals surface area contributed by atoms with Gasteiger partial charge in [-0.2, -0.15) is 0 Å². The molecule has 0 unspecified atom stereocenters. The van der Waals surface area contributed by atoms with Gasteiger partial charge in [-0.05, 0) is 56.4 Å². The van der Waals surface area contributed by atoms with Crippen LogP contribution in [0, 0.1) is 4.77 Å². The van der Waals surface area contributed by atoms with Crippen molar-refractivity contribution in [3.05, 3.63) is 47.4 Å². The van der Waals surface area contributed by atoms with E-state index in [0.717, 1.165) is 39.9 Å². The molecular weight excluding hydrogens is 364 g/mol. The summed E-state index contributed by atoms with van der Waals surface area (Å²) < 4.78 is 24.7. The number of hydrogen-bond donors (Lipinski definition) is 1. The highest BCUT2D eigenvalue weighted by Gasteiger charge is 2.16. The first-order valence-electron chi connectivity index (χ1n) is 8.81. The second-order valence-corrected chi connectivity index (χ2v) is 6.29. The van der Waals surface area contributed by atoms with Crippen molar-refractivity contribution >= 4 is 12.2 Å². The summed E-state index contributed by atoms with van der Waals surface area (Å²) in [5.41, 5.74) is 2.67. The van der Waals surface area contributed by atoms with Gasteiger partial charge in [-0.3, -0.25) is 4.57 Å². The van der Waals surface area contributed by atoms with Crippen molar-refractivity contribution in [2.24, 2.45) is 0 Å². The average Bonchev–Trinajstić information content (AvgIpc) is 3.29. The minimum atomic E-state index is 0.248. The summed E-state index contributed by atoms with van der Waals surface area (Å²) >= 11 is 5.56. The maximum atomic E-state index is 5.78. The predicted molar refractivity (Wildman–Crippen MR) is 105 cm³/mol.